The zero-order valence-electron chi connectivity index (χ0n) is 8.44. The Bertz CT molecular complexity index is 378. The molecule has 20 heavy (non-hydrogen) atoms. The standard InChI is InChI=1S/C6HF12NO/c7-2(8,1(20)19-6(16,17)18)3(9,10)4(11,12)5(13,14)15/h(H,19,20). The van der Waals surface area contributed by atoms with E-state index in [1.54, 1.807) is 0 Å². The van der Waals surface area contributed by atoms with Crippen LogP contribution in [0, 0.1) is 0 Å². The van der Waals surface area contributed by atoms with Gasteiger partial charge in [0.25, 0.3) is 0 Å². The highest BCUT2D eigenvalue weighted by molar-refractivity contribution is 5.85. The Morgan fingerprint density at radius 2 is 1.00 bits per heavy atom. The summed E-state index contributed by atoms with van der Waals surface area (Å²) >= 11 is 0. The normalized spacial score (nSPS) is 15.2. The molecule has 0 spiro atoms. The first-order valence-corrected chi connectivity index (χ1v) is 3.97. The molecule has 0 aliphatic rings. The van der Waals surface area contributed by atoms with E-state index < -0.39 is 41.5 Å². The van der Waals surface area contributed by atoms with E-state index in [2.05, 4.69) is 0 Å². The van der Waals surface area contributed by atoms with E-state index in [0.29, 0.717) is 0 Å². The van der Waals surface area contributed by atoms with Crippen molar-refractivity contribution in [3.8, 4) is 0 Å². The van der Waals surface area contributed by atoms with Gasteiger partial charge in [-0.15, -0.1) is 0 Å². The number of amides is 1. The summed E-state index contributed by atoms with van der Waals surface area (Å²) in [5.41, 5.74) is 0. The summed E-state index contributed by atoms with van der Waals surface area (Å²) < 4.78 is 143. The molecule has 0 unspecified atom stereocenters. The van der Waals surface area contributed by atoms with Gasteiger partial charge in [0.2, 0.25) is 0 Å². The van der Waals surface area contributed by atoms with Crippen LogP contribution in [-0.4, -0.2) is 36.2 Å². The number of carbonyl (C=O) groups excluding carboxylic acids is 1. The molecule has 0 aromatic rings. The molecule has 14 heteroatoms. The Labute approximate surface area is 100 Å². The van der Waals surface area contributed by atoms with E-state index >= 15 is 0 Å². The number of nitrogens with one attached hydrogen (secondary N) is 1. The van der Waals surface area contributed by atoms with Gasteiger partial charge in [-0.25, -0.2) is 0 Å². The van der Waals surface area contributed by atoms with Crippen LogP contribution in [0.25, 0.3) is 0 Å². The maximum atomic E-state index is 12.5. The predicted molar refractivity (Wildman–Crippen MR) is 35.1 cm³/mol. The smallest absolute Gasteiger partial charge is 0.268 e. The number of alkyl halides is 12. The van der Waals surface area contributed by atoms with Crippen LogP contribution in [0.4, 0.5) is 52.7 Å². The van der Waals surface area contributed by atoms with Gasteiger partial charge in [-0.2, -0.15) is 52.7 Å². The summed E-state index contributed by atoms with van der Waals surface area (Å²) in [5, 5.41) is -0.781. The van der Waals surface area contributed by atoms with Gasteiger partial charge >= 0.3 is 36.2 Å². The molecule has 120 valence electrons. The SMILES string of the molecule is O=C(NC(F)(F)F)C(F)(F)C(F)(F)C(F)(F)C(F)(F)F. The van der Waals surface area contributed by atoms with Crippen molar-refractivity contribution in [1.29, 1.82) is 0 Å². The predicted octanol–water partition coefficient (Wildman–Crippen LogP) is 3.09. The molecule has 0 bridgehead atoms. The first-order chi connectivity index (χ1) is 8.38. The van der Waals surface area contributed by atoms with Crippen molar-refractivity contribution in [2.24, 2.45) is 0 Å². The molecular weight excluding hydrogens is 330 g/mol. The molecular formula is C6HF12NO. The van der Waals surface area contributed by atoms with Crippen LogP contribution < -0.4 is 5.32 Å². The average Bonchev–Trinajstić information content (AvgIpc) is 2.12. The van der Waals surface area contributed by atoms with Crippen molar-refractivity contribution >= 4 is 5.91 Å². The third-order valence-corrected chi connectivity index (χ3v) is 1.69. The van der Waals surface area contributed by atoms with Crippen molar-refractivity contribution in [2.45, 2.75) is 30.2 Å². The van der Waals surface area contributed by atoms with Crippen molar-refractivity contribution in [3.05, 3.63) is 0 Å². The topological polar surface area (TPSA) is 29.1 Å². The lowest BCUT2D eigenvalue weighted by Gasteiger charge is -2.32. The van der Waals surface area contributed by atoms with E-state index in [1.165, 1.54) is 0 Å². The molecule has 0 aliphatic heterocycles. The number of hydrogen-bond acceptors (Lipinski definition) is 1. The first kappa shape index (κ1) is 18.6. The van der Waals surface area contributed by atoms with Crippen LogP contribution in [0.5, 0.6) is 0 Å². The summed E-state index contributed by atoms with van der Waals surface area (Å²) in [6, 6.07) is 0. The van der Waals surface area contributed by atoms with E-state index in [9.17, 15) is 57.5 Å². The van der Waals surface area contributed by atoms with Crippen LogP contribution in [0.2, 0.25) is 0 Å². The second kappa shape index (κ2) is 4.58. The quantitative estimate of drug-likeness (QED) is 0.625. The Balaban J connectivity index is 5.64. The van der Waals surface area contributed by atoms with E-state index in [0.717, 1.165) is 0 Å². The van der Waals surface area contributed by atoms with Gasteiger partial charge in [0.05, 0.1) is 0 Å². The Morgan fingerprint density at radius 3 is 1.25 bits per heavy atom. The molecule has 0 saturated carbocycles. The molecule has 1 amide bonds. The van der Waals surface area contributed by atoms with Gasteiger partial charge in [-0.1, -0.05) is 0 Å². The fraction of sp³-hybridized carbons (Fsp3) is 0.833. The highest BCUT2D eigenvalue weighted by atomic mass is 19.4. The highest BCUT2D eigenvalue weighted by Crippen LogP contribution is 2.53. The largest absolute Gasteiger partial charge is 0.484 e. The average molecular weight is 331 g/mol. The Kier molecular flexibility index (Phi) is 4.27. The summed E-state index contributed by atoms with van der Waals surface area (Å²) in [6.07, 6.45) is -13.3. The molecule has 0 aromatic carbocycles. The van der Waals surface area contributed by atoms with E-state index in [-0.39, 0.29) is 0 Å². The maximum Gasteiger partial charge on any atom is 0.484 e. The number of halogens is 12. The number of rotatable bonds is 3. The Morgan fingerprint density at radius 1 is 0.650 bits per heavy atom. The molecule has 0 saturated heterocycles. The summed E-state index contributed by atoms with van der Waals surface area (Å²) in [7, 11) is 0. The third kappa shape index (κ3) is 3.03. The van der Waals surface area contributed by atoms with Crippen LogP contribution in [-0.2, 0) is 4.79 Å². The molecule has 0 aromatic heterocycles. The zero-order chi connectivity index (χ0) is 16.8. The molecule has 1 N–H and O–H groups in total. The fourth-order valence-electron chi connectivity index (χ4n) is 0.725. The monoisotopic (exact) mass is 331 g/mol. The van der Waals surface area contributed by atoms with Gasteiger partial charge in [-0.05, 0) is 0 Å². The summed E-state index contributed by atoms with van der Waals surface area (Å²) in [4.78, 5) is 10.1. The lowest BCUT2D eigenvalue weighted by molar-refractivity contribution is -0.389. The van der Waals surface area contributed by atoms with Crippen LogP contribution in [0.1, 0.15) is 0 Å². The van der Waals surface area contributed by atoms with Crippen LogP contribution in [0.3, 0.4) is 0 Å². The summed E-state index contributed by atoms with van der Waals surface area (Å²) in [6.45, 7) is 0. The molecule has 0 atom stereocenters. The van der Waals surface area contributed by atoms with Crippen molar-refractivity contribution in [1.82, 2.24) is 5.32 Å². The van der Waals surface area contributed by atoms with Crippen molar-refractivity contribution in [3.63, 3.8) is 0 Å². The number of carbonyl (C=O) groups is 1. The molecule has 0 heterocycles. The third-order valence-electron chi connectivity index (χ3n) is 1.69. The minimum absolute atomic E-state index is 0.781. The zero-order valence-corrected chi connectivity index (χ0v) is 8.44. The summed E-state index contributed by atoms with van der Waals surface area (Å²) in [5.74, 6) is -25.9. The molecule has 0 rings (SSSR count). The molecule has 2 nitrogen and oxygen atoms in total. The van der Waals surface area contributed by atoms with Gasteiger partial charge < -0.3 is 0 Å². The van der Waals surface area contributed by atoms with Gasteiger partial charge in [0, 0.05) is 0 Å². The molecule has 0 radical (unpaired) electrons. The minimum Gasteiger partial charge on any atom is -0.268 e. The van der Waals surface area contributed by atoms with Crippen molar-refractivity contribution in [2.75, 3.05) is 0 Å². The second-order valence-electron chi connectivity index (χ2n) is 3.17. The Hall–Kier alpha value is -1.37. The minimum atomic E-state index is -7.44. The number of hydrogen-bond donors (Lipinski definition) is 1. The van der Waals surface area contributed by atoms with E-state index in [1.807, 2.05) is 0 Å². The maximum absolute atomic E-state index is 12.5. The lowest BCUT2D eigenvalue weighted by Crippen LogP contribution is -2.66. The van der Waals surface area contributed by atoms with Gasteiger partial charge in [-0.3, -0.25) is 10.1 Å². The molecule has 0 fully saturated rings. The van der Waals surface area contributed by atoms with E-state index in [4.69, 9.17) is 0 Å². The first-order valence-electron chi connectivity index (χ1n) is 3.97. The van der Waals surface area contributed by atoms with Gasteiger partial charge in [0.15, 0.2) is 0 Å². The fourth-order valence-corrected chi connectivity index (χ4v) is 0.725. The lowest BCUT2D eigenvalue weighted by atomic mass is 10.0. The van der Waals surface area contributed by atoms with Crippen LogP contribution in [0.15, 0.2) is 0 Å². The van der Waals surface area contributed by atoms with Gasteiger partial charge in [0.1, 0.15) is 0 Å². The van der Waals surface area contributed by atoms with Crippen LogP contribution >= 0.6 is 0 Å². The van der Waals surface area contributed by atoms with Crippen molar-refractivity contribution < 1.29 is 57.5 Å². The highest BCUT2D eigenvalue weighted by Gasteiger charge is 2.84. The molecule has 0 aliphatic carbocycles. The second-order valence-corrected chi connectivity index (χ2v) is 3.17.